The average molecular weight is 444 g/mol. The molecule has 1 N–H and O–H groups in total. The summed E-state index contributed by atoms with van der Waals surface area (Å²) in [6.45, 7) is 1.43. The molecule has 2 heterocycles. The number of amides is 1. The van der Waals surface area contributed by atoms with Gasteiger partial charge in [0.25, 0.3) is 5.91 Å². The summed E-state index contributed by atoms with van der Waals surface area (Å²) in [5.74, 6) is -1.67. The van der Waals surface area contributed by atoms with E-state index in [1.807, 2.05) is 12.1 Å². The highest BCUT2D eigenvalue weighted by Crippen LogP contribution is 2.56. The van der Waals surface area contributed by atoms with Crippen molar-refractivity contribution in [3.05, 3.63) is 82.1 Å². The van der Waals surface area contributed by atoms with Crippen molar-refractivity contribution in [1.29, 1.82) is 21.0 Å². The van der Waals surface area contributed by atoms with E-state index in [0.717, 1.165) is 0 Å². The van der Waals surface area contributed by atoms with Crippen LogP contribution in [0.3, 0.4) is 0 Å². The zero-order valence-corrected chi connectivity index (χ0v) is 18.2. The molecule has 0 saturated heterocycles. The van der Waals surface area contributed by atoms with Gasteiger partial charge in [0.2, 0.25) is 0 Å². The van der Waals surface area contributed by atoms with E-state index in [-0.39, 0.29) is 28.5 Å². The molecule has 1 amide bonds. The van der Waals surface area contributed by atoms with Crippen molar-refractivity contribution in [2.75, 3.05) is 11.9 Å². The van der Waals surface area contributed by atoms with Gasteiger partial charge in [-0.25, -0.2) is 0 Å². The smallest absolute Gasteiger partial charge is 0.258 e. The summed E-state index contributed by atoms with van der Waals surface area (Å²) in [7, 11) is 1.62. The van der Waals surface area contributed by atoms with Gasteiger partial charge in [-0.15, -0.1) is 0 Å². The molecule has 2 aromatic rings. The first-order valence-electron chi connectivity index (χ1n) is 10.2. The summed E-state index contributed by atoms with van der Waals surface area (Å²) >= 11 is 0. The normalized spacial score (nSPS) is 21.1. The minimum atomic E-state index is -1.56. The van der Waals surface area contributed by atoms with Gasteiger partial charge in [-0.1, -0.05) is 42.5 Å². The Bertz CT molecular complexity index is 1490. The van der Waals surface area contributed by atoms with Crippen molar-refractivity contribution >= 4 is 23.0 Å². The molecule has 2 aromatic carbocycles. The number of ketones is 1. The van der Waals surface area contributed by atoms with Gasteiger partial charge in [0.1, 0.15) is 18.2 Å². The van der Waals surface area contributed by atoms with Gasteiger partial charge >= 0.3 is 0 Å². The van der Waals surface area contributed by atoms with E-state index in [4.69, 9.17) is 5.26 Å². The summed E-state index contributed by atoms with van der Waals surface area (Å²) in [6, 6.07) is 21.4. The van der Waals surface area contributed by atoms with Crippen LogP contribution in [0.1, 0.15) is 28.4 Å². The van der Waals surface area contributed by atoms with Crippen LogP contribution in [-0.4, -0.2) is 18.7 Å². The van der Waals surface area contributed by atoms with Crippen molar-refractivity contribution in [3.63, 3.8) is 0 Å². The van der Waals surface area contributed by atoms with Gasteiger partial charge in [-0.3, -0.25) is 9.59 Å². The number of fused-ring (bicyclic) bond motifs is 6. The molecule has 1 spiro atoms. The molecule has 8 nitrogen and oxygen atoms in total. The molecule has 0 aromatic heterocycles. The van der Waals surface area contributed by atoms with Crippen molar-refractivity contribution in [1.82, 2.24) is 5.32 Å². The van der Waals surface area contributed by atoms with Crippen LogP contribution in [-0.2, 0) is 10.3 Å². The molecule has 5 rings (SSSR count). The molecule has 0 radical (unpaired) electrons. The van der Waals surface area contributed by atoms with E-state index in [2.05, 4.69) is 11.4 Å². The van der Waals surface area contributed by atoms with Gasteiger partial charge in [-0.2, -0.15) is 21.0 Å². The Kier molecular flexibility index (Phi) is 5.22. The molecule has 0 fully saturated rings. The second kappa shape index (κ2) is 8.06. The Morgan fingerprint density at radius 3 is 2.18 bits per heavy atom. The predicted octanol–water partition coefficient (Wildman–Crippen LogP) is 3.08. The van der Waals surface area contributed by atoms with Gasteiger partial charge < -0.3 is 10.2 Å². The fraction of sp³-hybridized carbons (Fsp3) is 0.154. The minimum Gasteiger partial charge on any atom is -0.364 e. The van der Waals surface area contributed by atoms with Gasteiger partial charge in [-0.05, 0) is 17.2 Å². The number of allylic oxidation sites excluding steroid dienone is 2. The highest BCUT2D eigenvalue weighted by Gasteiger charge is 2.63. The second-order valence-electron chi connectivity index (χ2n) is 7.75. The number of Topliss-reactive ketones (excluding diaryl/α,β-unsaturated/α-hetero) is 1. The largest absolute Gasteiger partial charge is 0.364 e. The van der Waals surface area contributed by atoms with Crippen LogP contribution in [0.15, 0.2) is 65.4 Å². The Balaban J connectivity index is 0.000000868. The summed E-state index contributed by atoms with van der Waals surface area (Å²) in [5, 5.41) is 39.5. The van der Waals surface area contributed by atoms with E-state index in [1.165, 1.54) is 11.8 Å². The van der Waals surface area contributed by atoms with E-state index in [1.54, 1.807) is 61.6 Å². The molecule has 2 aliphatic heterocycles. The first kappa shape index (κ1) is 22.0. The van der Waals surface area contributed by atoms with Crippen LogP contribution in [0.5, 0.6) is 0 Å². The molecule has 2 atom stereocenters. The van der Waals surface area contributed by atoms with Gasteiger partial charge in [0.15, 0.2) is 16.9 Å². The highest BCUT2D eigenvalue weighted by molar-refractivity contribution is 6.22. The number of anilines is 1. The summed E-state index contributed by atoms with van der Waals surface area (Å²) < 4.78 is 0. The Morgan fingerprint density at radius 2 is 1.56 bits per heavy atom. The lowest BCUT2D eigenvalue weighted by Gasteiger charge is -2.40. The van der Waals surface area contributed by atoms with Gasteiger partial charge in [0, 0.05) is 30.8 Å². The van der Waals surface area contributed by atoms with E-state index in [9.17, 15) is 25.4 Å². The fourth-order valence-electron chi connectivity index (χ4n) is 4.96. The first-order chi connectivity index (χ1) is 16.4. The van der Waals surface area contributed by atoms with E-state index >= 15 is 0 Å². The number of rotatable bonds is 0. The number of nitriles is 4. The lowest BCUT2D eigenvalue weighted by molar-refractivity contribution is -0.124. The molecule has 0 unspecified atom stereocenters. The minimum absolute atomic E-state index is 0.0262. The third kappa shape index (κ3) is 2.67. The number of nitrogens with one attached hydrogen (secondary N) is 1. The standard InChI is InChI=1S/C24H13N5O2.C2H3N/c1-29-18-9-5-4-8-17(18)24(23(29)31)20-19(14-6-2-3-7-15(14)22(20)30)16(12-27)21(28-24)13(10-25)11-26;1-2-3/h2-9,20,28H,1H3;1H3/t20-,24-;/m1./s1. The molecule has 8 heteroatoms. The fourth-order valence-corrected chi connectivity index (χ4v) is 4.96. The molecule has 0 saturated carbocycles. The Morgan fingerprint density at radius 1 is 0.971 bits per heavy atom. The number of benzene rings is 2. The zero-order chi connectivity index (χ0) is 24.6. The van der Waals surface area contributed by atoms with Crippen LogP contribution in [0, 0.1) is 51.2 Å². The molecule has 1 aliphatic carbocycles. The van der Waals surface area contributed by atoms with Crippen LogP contribution >= 0.6 is 0 Å². The second-order valence-corrected chi connectivity index (χ2v) is 7.75. The van der Waals surface area contributed by atoms with Crippen molar-refractivity contribution in [3.8, 4) is 24.3 Å². The molecule has 34 heavy (non-hydrogen) atoms. The quantitative estimate of drug-likeness (QED) is 0.615. The molecule has 162 valence electrons. The van der Waals surface area contributed by atoms with E-state index in [0.29, 0.717) is 28.0 Å². The van der Waals surface area contributed by atoms with Crippen molar-refractivity contribution in [2.24, 2.45) is 5.92 Å². The first-order valence-corrected chi connectivity index (χ1v) is 10.2. The van der Waals surface area contributed by atoms with Crippen LogP contribution in [0.2, 0.25) is 0 Å². The summed E-state index contributed by atoms with van der Waals surface area (Å²) in [4.78, 5) is 28.8. The van der Waals surface area contributed by atoms with Crippen LogP contribution < -0.4 is 10.2 Å². The Labute approximate surface area is 195 Å². The lowest BCUT2D eigenvalue weighted by atomic mass is 9.70. The predicted molar refractivity (Wildman–Crippen MR) is 121 cm³/mol. The third-order valence-corrected chi connectivity index (χ3v) is 6.23. The van der Waals surface area contributed by atoms with Crippen molar-refractivity contribution < 1.29 is 9.59 Å². The van der Waals surface area contributed by atoms with Crippen LogP contribution in [0.4, 0.5) is 5.69 Å². The molecule has 0 bridgehead atoms. The summed E-state index contributed by atoms with van der Waals surface area (Å²) in [6.07, 6.45) is 0. The number of hydrogen-bond acceptors (Lipinski definition) is 7. The third-order valence-electron chi connectivity index (χ3n) is 6.23. The number of carbonyl (C=O) groups is 2. The lowest BCUT2D eigenvalue weighted by Crippen LogP contribution is -2.58. The molecular formula is C26H16N6O2. The SMILES string of the molecule is CC#N.CN1C(=O)[C@@]2(NC(=C(C#N)C#N)C(C#N)=C3c4ccccc4C(=O)[C@@H]32)c2ccccc21. The maximum absolute atomic E-state index is 13.7. The number of likely N-dealkylation sites (N-methyl/N-ethyl adjacent to an activating group) is 1. The zero-order valence-electron chi connectivity index (χ0n) is 18.2. The number of hydrogen-bond donors (Lipinski definition) is 1. The number of carbonyl (C=O) groups excluding carboxylic acids is 2. The van der Waals surface area contributed by atoms with Crippen molar-refractivity contribution in [2.45, 2.75) is 12.5 Å². The van der Waals surface area contributed by atoms with Crippen LogP contribution in [0.25, 0.3) is 5.57 Å². The summed E-state index contributed by atoms with van der Waals surface area (Å²) in [5.41, 5.74) is 0.640. The topological polar surface area (TPSA) is 145 Å². The maximum atomic E-state index is 13.7. The number of para-hydroxylation sites is 1. The van der Waals surface area contributed by atoms with Gasteiger partial charge in [0.05, 0.1) is 23.3 Å². The molecular weight excluding hydrogens is 428 g/mol. The molecule has 3 aliphatic rings. The average Bonchev–Trinajstić information content (AvgIpc) is 3.27. The Hall–Kier alpha value is -5.18. The highest BCUT2D eigenvalue weighted by atomic mass is 16.2. The van der Waals surface area contributed by atoms with E-state index < -0.39 is 11.5 Å². The number of nitrogens with zero attached hydrogens (tertiary/aromatic N) is 5. The monoisotopic (exact) mass is 444 g/mol. The maximum Gasteiger partial charge on any atom is 0.258 e.